The second-order valence-electron chi connectivity index (χ2n) is 1.50. The summed E-state index contributed by atoms with van der Waals surface area (Å²) in [5.41, 5.74) is 2.46. The molecule has 1 aliphatic heterocycles. The predicted molar refractivity (Wildman–Crippen MR) is 31.2 cm³/mol. The molecule has 0 spiro atoms. The van der Waals surface area contributed by atoms with Gasteiger partial charge in [-0.1, -0.05) is 6.58 Å². The van der Waals surface area contributed by atoms with Crippen molar-refractivity contribution in [2.45, 2.75) is 0 Å². The van der Waals surface area contributed by atoms with Crippen LogP contribution in [0.2, 0.25) is 0 Å². The van der Waals surface area contributed by atoms with Gasteiger partial charge in [-0.05, 0) is 6.61 Å². The van der Waals surface area contributed by atoms with Crippen LogP contribution < -0.4 is 0 Å². The molecular weight excluding hydrogens is 302 g/mol. The summed E-state index contributed by atoms with van der Waals surface area (Å²) in [4.78, 5) is 11.8. The van der Waals surface area contributed by atoms with E-state index in [1.54, 1.807) is 6.54 Å². The summed E-state index contributed by atoms with van der Waals surface area (Å²) in [7, 11) is 0. The molecule has 1 saturated heterocycles. The van der Waals surface area contributed by atoms with Crippen molar-refractivity contribution in [1.29, 1.82) is 0 Å². The molecule has 1 fully saturated rings. The Morgan fingerprint density at radius 2 is 2.60 bits per heavy atom. The molecular formula is C6H6NO2W-. The molecule has 54 valence electrons. The second kappa shape index (κ2) is 4.32. The van der Waals surface area contributed by atoms with Crippen LogP contribution in [0.5, 0.6) is 0 Å². The Balaban J connectivity index is 0.000000810. The van der Waals surface area contributed by atoms with Crippen molar-refractivity contribution in [3.05, 3.63) is 25.1 Å². The van der Waals surface area contributed by atoms with E-state index in [4.69, 9.17) is 0 Å². The van der Waals surface area contributed by atoms with Crippen molar-refractivity contribution in [2.24, 2.45) is 0 Å². The number of ether oxygens (including phenoxy) is 1. The van der Waals surface area contributed by atoms with Crippen molar-refractivity contribution in [3.8, 4) is 0 Å². The Morgan fingerprint density at radius 3 is 3.00 bits per heavy atom. The number of rotatable bonds is 1. The Kier molecular flexibility index (Phi) is 4.09. The van der Waals surface area contributed by atoms with Gasteiger partial charge in [-0.2, -0.15) is 6.54 Å². The van der Waals surface area contributed by atoms with E-state index in [9.17, 15) is 4.79 Å². The van der Waals surface area contributed by atoms with Gasteiger partial charge in [0.2, 0.25) is 0 Å². The first-order valence-electron chi connectivity index (χ1n) is 2.49. The fraction of sp³-hybridized carbons (Fsp3) is 0.167. The molecule has 0 aromatic heterocycles. The van der Waals surface area contributed by atoms with Crippen LogP contribution in [0.15, 0.2) is 18.5 Å². The molecule has 10 heavy (non-hydrogen) atoms. The number of carbonyl (C=O) groups is 1. The average molecular weight is 308 g/mol. The summed E-state index contributed by atoms with van der Waals surface area (Å²) in [6.45, 7) is 5.26. The zero-order valence-electron chi connectivity index (χ0n) is 5.24. The smallest absolute Gasteiger partial charge is 0.381 e. The van der Waals surface area contributed by atoms with E-state index in [-0.39, 0.29) is 27.2 Å². The van der Waals surface area contributed by atoms with Gasteiger partial charge in [-0.15, -0.1) is 5.73 Å². The predicted octanol–water partition coefficient (Wildman–Crippen LogP) is 0.896. The molecule has 1 rings (SSSR count). The third kappa shape index (κ3) is 2.02. The number of hydrogen-bond acceptors (Lipinski definition) is 2. The van der Waals surface area contributed by atoms with Gasteiger partial charge >= 0.3 is 6.09 Å². The molecule has 0 aromatic carbocycles. The molecule has 3 nitrogen and oxygen atoms in total. The normalized spacial score (nSPS) is 15.2. The van der Waals surface area contributed by atoms with Gasteiger partial charge in [0, 0.05) is 27.3 Å². The third-order valence-electron chi connectivity index (χ3n) is 0.919. The first-order valence-corrected chi connectivity index (χ1v) is 2.49. The summed E-state index contributed by atoms with van der Waals surface area (Å²) < 4.78 is 4.55. The summed E-state index contributed by atoms with van der Waals surface area (Å²) in [6.07, 6.45) is 1.06. The molecule has 0 radical (unpaired) electrons. The van der Waals surface area contributed by atoms with Crippen molar-refractivity contribution in [1.82, 2.24) is 4.90 Å². The quantitative estimate of drug-likeness (QED) is 0.532. The van der Waals surface area contributed by atoms with Crippen LogP contribution in [0, 0.1) is 6.54 Å². The van der Waals surface area contributed by atoms with Gasteiger partial charge in [0.1, 0.15) is 0 Å². The Labute approximate surface area is 73.6 Å². The van der Waals surface area contributed by atoms with E-state index < -0.39 is 0 Å². The molecule has 0 atom stereocenters. The zero-order valence-corrected chi connectivity index (χ0v) is 8.17. The minimum atomic E-state index is -0.369. The molecule has 1 amide bonds. The van der Waals surface area contributed by atoms with E-state index in [2.05, 4.69) is 17.0 Å². The van der Waals surface area contributed by atoms with Crippen molar-refractivity contribution < 1.29 is 30.6 Å². The molecule has 0 aromatic rings. The Hall–Kier alpha value is -0.522. The monoisotopic (exact) mass is 308 g/mol. The van der Waals surface area contributed by atoms with Crippen LogP contribution in [-0.4, -0.2) is 17.6 Å². The molecule has 0 saturated carbocycles. The second-order valence-corrected chi connectivity index (χ2v) is 1.50. The fourth-order valence-electron chi connectivity index (χ4n) is 0.542. The number of carbonyl (C=O) groups excluding carboxylic acids is 1. The number of amides is 1. The molecule has 0 aliphatic carbocycles. The summed E-state index contributed by atoms with van der Waals surface area (Å²) in [6, 6.07) is 0. The Bertz CT molecular complexity index is 175. The number of cyclic esters (lactones) is 1. The van der Waals surface area contributed by atoms with E-state index in [1.165, 1.54) is 11.1 Å². The van der Waals surface area contributed by atoms with Gasteiger partial charge in [0.05, 0.1) is 0 Å². The van der Waals surface area contributed by atoms with Crippen LogP contribution in [0.1, 0.15) is 0 Å². The van der Waals surface area contributed by atoms with Crippen molar-refractivity contribution >= 4 is 6.09 Å². The van der Waals surface area contributed by atoms with Crippen LogP contribution in [0.3, 0.4) is 0 Å². The van der Waals surface area contributed by atoms with Gasteiger partial charge in [-0.3, -0.25) is 0 Å². The van der Waals surface area contributed by atoms with Gasteiger partial charge in [0.15, 0.2) is 0 Å². The van der Waals surface area contributed by atoms with Gasteiger partial charge in [0.25, 0.3) is 0 Å². The molecule has 1 aliphatic rings. The minimum absolute atomic E-state index is 0. The van der Waals surface area contributed by atoms with Crippen LogP contribution >= 0.6 is 0 Å². The summed E-state index contributed by atoms with van der Waals surface area (Å²) >= 11 is 0. The van der Waals surface area contributed by atoms with Crippen molar-refractivity contribution in [3.63, 3.8) is 0 Å². The number of hydrogen-bond donors (Lipinski definition) is 0. The zero-order chi connectivity index (χ0) is 6.69. The summed E-state index contributed by atoms with van der Waals surface area (Å²) in [5.74, 6) is 0. The van der Waals surface area contributed by atoms with E-state index in [1.807, 2.05) is 0 Å². The maximum atomic E-state index is 10.5. The number of nitrogens with zero attached hydrogens (tertiary/aromatic N) is 1. The maximum absolute atomic E-state index is 10.5. The molecule has 1 heterocycles. The van der Waals surface area contributed by atoms with E-state index in [0.717, 1.165) is 0 Å². The van der Waals surface area contributed by atoms with Crippen molar-refractivity contribution in [2.75, 3.05) is 6.61 Å². The third-order valence-corrected chi connectivity index (χ3v) is 0.919. The first-order chi connectivity index (χ1) is 4.34. The van der Waals surface area contributed by atoms with Gasteiger partial charge < -0.3 is 9.64 Å². The molecule has 0 N–H and O–H groups in total. The van der Waals surface area contributed by atoms with Crippen LogP contribution in [0.25, 0.3) is 0 Å². The average Bonchev–Trinajstić information content (AvgIpc) is 2.18. The Morgan fingerprint density at radius 1 is 1.90 bits per heavy atom. The fourth-order valence-corrected chi connectivity index (χ4v) is 0.542. The topological polar surface area (TPSA) is 29.5 Å². The minimum Gasteiger partial charge on any atom is -0.482 e. The maximum Gasteiger partial charge on any atom is 0.381 e. The van der Waals surface area contributed by atoms with Crippen LogP contribution in [0.4, 0.5) is 4.79 Å². The van der Waals surface area contributed by atoms with Crippen LogP contribution in [-0.2, 0) is 25.8 Å². The summed E-state index contributed by atoms with van der Waals surface area (Å²) in [5, 5.41) is 0. The largest absolute Gasteiger partial charge is 0.482 e. The molecule has 0 unspecified atom stereocenters. The SMILES string of the molecule is C=C=CN1[CH-]COC1=O.[W]. The van der Waals surface area contributed by atoms with E-state index >= 15 is 0 Å². The van der Waals surface area contributed by atoms with Gasteiger partial charge in [-0.25, -0.2) is 4.79 Å². The van der Waals surface area contributed by atoms with E-state index in [0.29, 0.717) is 6.61 Å². The molecule has 0 bridgehead atoms. The molecule has 4 heteroatoms. The first kappa shape index (κ1) is 9.48. The standard InChI is InChI=1S/C6H6NO2.W/c1-2-3-7-4-5-9-6(7)8;/h3-4H,1,5H2;/q-1;.